The molecule has 2 aromatic rings. The topological polar surface area (TPSA) is 37.3 Å². The summed E-state index contributed by atoms with van der Waals surface area (Å²) in [5.74, 6) is 0. The molecule has 0 saturated carbocycles. The summed E-state index contributed by atoms with van der Waals surface area (Å²) in [6.07, 6.45) is 0.850. The largest absolute Gasteiger partial charge is 0.392 e. The fourth-order valence-corrected chi connectivity index (χ4v) is 2.07. The summed E-state index contributed by atoms with van der Waals surface area (Å²) in [4.78, 5) is 11.0. The molecule has 86 valence electrons. The molecule has 0 aliphatic rings. The molecule has 1 N–H and O–H groups in total. The van der Waals surface area contributed by atoms with Crippen molar-refractivity contribution in [1.82, 2.24) is 0 Å². The number of aliphatic hydroxyl groups excluding tert-OH is 1. The van der Waals surface area contributed by atoms with E-state index in [2.05, 4.69) is 0 Å². The number of carbonyl (C=O) groups is 1. The Bertz CT molecular complexity index is 544. The lowest BCUT2D eigenvalue weighted by Gasteiger charge is -2.12. The lowest BCUT2D eigenvalue weighted by atomic mass is 9.92. The molecule has 0 saturated heterocycles. The van der Waals surface area contributed by atoms with Crippen LogP contribution in [0.15, 0.2) is 42.5 Å². The van der Waals surface area contributed by atoms with Crippen LogP contribution < -0.4 is 0 Å². The number of benzene rings is 2. The molecule has 2 nitrogen and oxygen atoms in total. The van der Waals surface area contributed by atoms with E-state index in [9.17, 15) is 9.90 Å². The molecular weight excluding hydrogens is 212 g/mol. The maximum absolute atomic E-state index is 11.0. The first kappa shape index (κ1) is 11.6. The van der Waals surface area contributed by atoms with Gasteiger partial charge in [-0.05, 0) is 29.2 Å². The SMILES string of the molecule is Cc1cccc(CO)c1-c1ccccc1C=O. The maximum atomic E-state index is 11.0. The highest BCUT2D eigenvalue weighted by molar-refractivity contribution is 5.89. The number of aldehydes is 1. The van der Waals surface area contributed by atoms with Crippen molar-refractivity contribution in [3.8, 4) is 11.1 Å². The minimum absolute atomic E-state index is 0.0236. The summed E-state index contributed by atoms with van der Waals surface area (Å²) in [7, 11) is 0. The normalized spacial score (nSPS) is 10.2. The van der Waals surface area contributed by atoms with Crippen molar-refractivity contribution in [2.45, 2.75) is 13.5 Å². The van der Waals surface area contributed by atoms with Crippen molar-refractivity contribution < 1.29 is 9.90 Å². The number of carbonyl (C=O) groups excluding carboxylic acids is 1. The minimum Gasteiger partial charge on any atom is -0.392 e. The molecule has 0 bridgehead atoms. The van der Waals surface area contributed by atoms with Crippen LogP contribution in [0.2, 0.25) is 0 Å². The van der Waals surface area contributed by atoms with Crippen molar-refractivity contribution in [3.05, 3.63) is 59.2 Å². The summed E-state index contributed by atoms with van der Waals surface area (Å²) in [6, 6.07) is 13.2. The van der Waals surface area contributed by atoms with Gasteiger partial charge < -0.3 is 5.11 Å². The van der Waals surface area contributed by atoms with E-state index in [1.165, 1.54) is 0 Å². The zero-order chi connectivity index (χ0) is 12.3. The van der Waals surface area contributed by atoms with Gasteiger partial charge in [-0.2, -0.15) is 0 Å². The van der Waals surface area contributed by atoms with Crippen molar-refractivity contribution >= 4 is 6.29 Å². The number of aliphatic hydroxyl groups is 1. The second-order valence-electron chi connectivity index (χ2n) is 3.97. The Kier molecular flexibility index (Phi) is 3.35. The smallest absolute Gasteiger partial charge is 0.150 e. The molecule has 0 heterocycles. The summed E-state index contributed by atoms with van der Waals surface area (Å²) in [6.45, 7) is 1.96. The van der Waals surface area contributed by atoms with Crippen molar-refractivity contribution in [2.24, 2.45) is 0 Å². The number of hydrogen-bond donors (Lipinski definition) is 1. The van der Waals surface area contributed by atoms with Gasteiger partial charge in [-0.25, -0.2) is 0 Å². The van der Waals surface area contributed by atoms with E-state index >= 15 is 0 Å². The molecule has 0 radical (unpaired) electrons. The Morgan fingerprint density at radius 2 is 1.88 bits per heavy atom. The van der Waals surface area contributed by atoms with E-state index in [1.807, 2.05) is 43.3 Å². The average Bonchev–Trinajstić information content (AvgIpc) is 2.38. The van der Waals surface area contributed by atoms with Crippen LogP contribution >= 0.6 is 0 Å². The highest BCUT2D eigenvalue weighted by Crippen LogP contribution is 2.29. The fourth-order valence-electron chi connectivity index (χ4n) is 2.07. The third-order valence-electron chi connectivity index (χ3n) is 2.89. The van der Waals surface area contributed by atoms with Crippen LogP contribution in [0, 0.1) is 6.92 Å². The second-order valence-corrected chi connectivity index (χ2v) is 3.97. The zero-order valence-electron chi connectivity index (χ0n) is 9.68. The van der Waals surface area contributed by atoms with Crippen molar-refractivity contribution in [3.63, 3.8) is 0 Å². The highest BCUT2D eigenvalue weighted by Gasteiger charge is 2.10. The molecule has 0 aliphatic carbocycles. The van der Waals surface area contributed by atoms with Gasteiger partial charge in [-0.1, -0.05) is 42.5 Å². The molecule has 0 aromatic heterocycles. The first-order valence-electron chi connectivity index (χ1n) is 5.52. The predicted molar refractivity (Wildman–Crippen MR) is 67.9 cm³/mol. The van der Waals surface area contributed by atoms with Gasteiger partial charge in [0.05, 0.1) is 6.61 Å². The maximum Gasteiger partial charge on any atom is 0.150 e. The van der Waals surface area contributed by atoms with Crippen LogP contribution in [-0.2, 0) is 6.61 Å². The molecule has 0 amide bonds. The predicted octanol–water partition coefficient (Wildman–Crippen LogP) is 2.97. The van der Waals surface area contributed by atoms with Gasteiger partial charge in [0, 0.05) is 5.56 Å². The van der Waals surface area contributed by atoms with Gasteiger partial charge in [-0.15, -0.1) is 0 Å². The van der Waals surface area contributed by atoms with Gasteiger partial charge in [0.2, 0.25) is 0 Å². The van der Waals surface area contributed by atoms with Gasteiger partial charge in [0.25, 0.3) is 0 Å². The van der Waals surface area contributed by atoms with Gasteiger partial charge in [0.15, 0.2) is 6.29 Å². The Hall–Kier alpha value is -1.93. The van der Waals surface area contributed by atoms with E-state index in [0.29, 0.717) is 5.56 Å². The number of hydrogen-bond acceptors (Lipinski definition) is 2. The molecule has 17 heavy (non-hydrogen) atoms. The van der Waals surface area contributed by atoms with Gasteiger partial charge in [0.1, 0.15) is 0 Å². The molecule has 0 aliphatic heterocycles. The van der Waals surface area contributed by atoms with E-state index in [0.717, 1.165) is 28.5 Å². The zero-order valence-corrected chi connectivity index (χ0v) is 9.68. The Balaban J connectivity index is 2.71. The van der Waals surface area contributed by atoms with E-state index in [4.69, 9.17) is 0 Å². The van der Waals surface area contributed by atoms with Crippen molar-refractivity contribution in [2.75, 3.05) is 0 Å². The first-order chi connectivity index (χ1) is 8.27. The summed E-state index contributed by atoms with van der Waals surface area (Å²) in [5, 5.41) is 9.38. The van der Waals surface area contributed by atoms with E-state index in [-0.39, 0.29) is 6.61 Å². The number of aryl methyl sites for hydroxylation is 1. The summed E-state index contributed by atoms with van der Waals surface area (Å²) < 4.78 is 0. The van der Waals surface area contributed by atoms with E-state index < -0.39 is 0 Å². The van der Waals surface area contributed by atoms with Crippen LogP contribution in [0.1, 0.15) is 21.5 Å². The molecule has 0 atom stereocenters. The summed E-state index contributed by atoms with van der Waals surface area (Å²) >= 11 is 0. The van der Waals surface area contributed by atoms with Crippen LogP contribution in [0.4, 0.5) is 0 Å². The van der Waals surface area contributed by atoms with Crippen LogP contribution in [0.3, 0.4) is 0 Å². The Morgan fingerprint density at radius 3 is 2.59 bits per heavy atom. The van der Waals surface area contributed by atoms with Crippen LogP contribution in [0.5, 0.6) is 0 Å². The Morgan fingerprint density at radius 1 is 1.12 bits per heavy atom. The Labute approximate surface area is 101 Å². The van der Waals surface area contributed by atoms with Crippen LogP contribution in [0.25, 0.3) is 11.1 Å². The second kappa shape index (κ2) is 4.93. The molecule has 0 unspecified atom stereocenters. The molecule has 0 fully saturated rings. The van der Waals surface area contributed by atoms with E-state index in [1.54, 1.807) is 6.07 Å². The third kappa shape index (κ3) is 2.12. The van der Waals surface area contributed by atoms with Crippen molar-refractivity contribution in [1.29, 1.82) is 0 Å². The standard InChI is InChI=1S/C15H14O2/c1-11-5-4-7-13(10-17)15(11)14-8-3-2-6-12(14)9-16/h2-9,17H,10H2,1H3. The number of rotatable bonds is 3. The molecule has 2 heteroatoms. The molecule has 2 rings (SSSR count). The van der Waals surface area contributed by atoms with Crippen LogP contribution in [-0.4, -0.2) is 11.4 Å². The third-order valence-corrected chi connectivity index (χ3v) is 2.89. The quantitative estimate of drug-likeness (QED) is 0.817. The first-order valence-corrected chi connectivity index (χ1v) is 5.52. The fraction of sp³-hybridized carbons (Fsp3) is 0.133. The van der Waals surface area contributed by atoms with Gasteiger partial charge in [-0.3, -0.25) is 4.79 Å². The molecule has 2 aromatic carbocycles. The minimum atomic E-state index is -0.0236. The monoisotopic (exact) mass is 226 g/mol. The lowest BCUT2D eigenvalue weighted by molar-refractivity contribution is 0.112. The highest BCUT2D eigenvalue weighted by atomic mass is 16.3. The molecule has 0 spiro atoms. The average molecular weight is 226 g/mol. The lowest BCUT2D eigenvalue weighted by Crippen LogP contribution is -1.95. The van der Waals surface area contributed by atoms with Gasteiger partial charge >= 0.3 is 0 Å². The summed E-state index contributed by atoms with van der Waals surface area (Å²) in [5.41, 5.74) is 4.39. The molecular formula is C15H14O2.